The molecule has 0 aliphatic carbocycles. The minimum atomic E-state index is -0.133. The molecule has 32 heavy (non-hydrogen) atoms. The van der Waals surface area contributed by atoms with Crippen LogP contribution in [-0.4, -0.2) is 37.6 Å². The van der Waals surface area contributed by atoms with E-state index in [0.717, 1.165) is 35.5 Å². The summed E-state index contributed by atoms with van der Waals surface area (Å²) in [5.41, 5.74) is 3.83. The number of rotatable bonds is 7. The molecule has 1 N–H and O–H groups in total. The molecule has 1 atom stereocenters. The highest BCUT2D eigenvalue weighted by Gasteiger charge is 2.25. The van der Waals surface area contributed by atoms with Crippen molar-refractivity contribution in [2.75, 3.05) is 26.7 Å². The van der Waals surface area contributed by atoms with Gasteiger partial charge in [0, 0.05) is 17.7 Å². The van der Waals surface area contributed by atoms with Crippen molar-refractivity contribution in [2.45, 2.75) is 18.9 Å². The lowest BCUT2D eigenvalue weighted by Gasteiger charge is -2.28. The fourth-order valence-electron chi connectivity index (χ4n) is 4.35. The summed E-state index contributed by atoms with van der Waals surface area (Å²) in [5.74, 6) is 0.689. The molecule has 0 aromatic heterocycles. The van der Waals surface area contributed by atoms with Crippen LogP contribution in [0.4, 0.5) is 0 Å². The van der Waals surface area contributed by atoms with E-state index in [0.29, 0.717) is 17.7 Å². The van der Waals surface area contributed by atoms with Gasteiger partial charge in [0.1, 0.15) is 5.75 Å². The van der Waals surface area contributed by atoms with Crippen molar-refractivity contribution in [3.63, 3.8) is 0 Å². The lowest BCUT2D eigenvalue weighted by Crippen LogP contribution is -2.37. The number of ether oxygens (including phenoxy) is 1. The van der Waals surface area contributed by atoms with Gasteiger partial charge in [0.25, 0.3) is 5.91 Å². The van der Waals surface area contributed by atoms with E-state index in [-0.39, 0.29) is 11.9 Å². The normalized spacial score (nSPS) is 14.5. The molecule has 0 saturated carbocycles. The molecule has 0 radical (unpaired) electrons. The van der Waals surface area contributed by atoms with E-state index in [9.17, 15) is 10.1 Å². The topological polar surface area (TPSA) is 65.4 Å². The summed E-state index contributed by atoms with van der Waals surface area (Å²) >= 11 is 0. The second kappa shape index (κ2) is 10.1. The number of nitriles is 1. The molecular formula is C27H27N3O2. The van der Waals surface area contributed by atoms with Gasteiger partial charge in [0.15, 0.2) is 0 Å². The van der Waals surface area contributed by atoms with E-state index in [1.807, 2.05) is 54.6 Å². The van der Waals surface area contributed by atoms with Crippen molar-refractivity contribution in [3.05, 3.63) is 89.5 Å². The van der Waals surface area contributed by atoms with Crippen LogP contribution in [0.1, 0.15) is 40.4 Å². The lowest BCUT2D eigenvalue weighted by molar-refractivity contribution is 0.0938. The van der Waals surface area contributed by atoms with E-state index in [2.05, 4.69) is 28.4 Å². The second-order valence-corrected chi connectivity index (χ2v) is 7.95. The maximum Gasteiger partial charge on any atom is 0.251 e. The molecular weight excluding hydrogens is 398 g/mol. The molecule has 1 amide bonds. The predicted molar refractivity (Wildman–Crippen MR) is 125 cm³/mol. The fraction of sp³-hybridized carbons (Fsp3) is 0.259. The maximum absolute atomic E-state index is 13.3. The molecule has 1 saturated heterocycles. The SMILES string of the molecule is COc1ccc(C(CNC(=O)c2ccccc2-c2ccccc2C#N)N2CCCC2)cc1. The Balaban J connectivity index is 1.57. The van der Waals surface area contributed by atoms with Crippen molar-refractivity contribution >= 4 is 5.91 Å². The van der Waals surface area contributed by atoms with Crippen LogP contribution in [0.15, 0.2) is 72.8 Å². The van der Waals surface area contributed by atoms with Gasteiger partial charge in [-0.1, -0.05) is 48.5 Å². The van der Waals surface area contributed by atoms with Crippen LogP contribution in [0.25, 0.3) is 11.1 Å². The predicted octanol–water partition coefficient (Wildman–Crippen LogP) is 4.80. The standard InChI is InChI=1S/C27H27N3O2/c1-32-22-14-12-20(13-15-22)26(30-16-6-7-17-30)19-29-27(31)25-11-5-4-10-24(25)23-9-3-2-8-21(23)18-28/h2-5,8-15,26H,6-7,16-17,19H2,1H3,(H,29,31). The van der Waals surface area contributed by atoms with Gasteiger partial charge < -0.3 is 10.1 Å². The Morgan fingerprint density at radius 2 is 1.66 bits per heavy atom. The summed E-state index contributed by atoms with van der Waals surface area (Å²) in [6.45, 7) is 2.57. The molecule has 1 unspecified atom stereocenters. The smallest absolute Gasteiger partial charge is 0.251 e. The number of carbonyl (C=O) groups is 1. The molecule has 5 heteroatoms. The Kier molecular flexibility index (Phi) is 6.84. The summed E-state index contributed by atoms with van der Waals surface area (Å²) in [5, 5.41) is 12.7. The summed E-state index contributed by atoms with van der Waals surface area (Å²) < 4.78 is 5.30. The van der Waals surface area contributed by atoms with Gasteiger partial charge in [-0.15, -0.1) is 0 Å². The molecule has 3 aromatic rings. The summed E-state index contributed by atoms with van der Waals surface area (Å²) in [6, 6.07) is 25.3. The Bertz CT molecular complexity index is 1110. The fourth-order valence-corrected chi connectivity index (χ4v) is 4.35. The average molecular weight is 426 g/mol. The largest absolute Gasteiger partial charge is 0.497 e. The molecule has 3 aromatic carbocycles. The zero-order valence-electron chi connectivity index (χ0n) is 18.3. The van der Waals surface area contributed by atoms with Crippen molar-refractivity contribution in [3.8, 4) is 22.9 Å². The third kappa shape index (κ3) is 4.66. The van der Waals surface area contributed by atoms with Crippen LogP contribution < -0.4 is 10.1 Å². The van der Waals surface area contributed by atoms with Gasteiger partial charge in [0.05, 0.1) is 24.8 Å². The van der Waals surface area contributed by atoms with Gasteiger partial charge in [0.2, 0.25) is 0 Å². The number of methoxy groups -OCH3 is 1. The summed E-state index contributed by atoms with van der Waals surface area (Å²) in [6.07, 6.45) is 2.35. The number of amides is 1. The maximum atomic E-state index is 13.3. The number of nitrogens with one attached hydrogen (secondary N) is 1. The number of likely N-dealkylation sites (tertiary alicyclic amines) is 1. The van der Waals surface area contributed by atoms with E-state index in [1.165, 1.54) is 12.8 Å². The molecule has 0 spiro atoms. The first-order chi connectivity index (χ1) is 15.7. The zero-order chi connectivity index (χ0) is 22.3. The van der Waals surface area contributed by atoms with Crippen LogP contribution in [0, 0.1) is 11.3 Å². The van der Waals surface area contributed by atoms with Gasteiger partial charge in [-0.25, -0.2) is 0 Å². The highest BCUT2D eigenvalue weighted by Crippen LogP contribution is 2.28. The number of carbonyl (C=O) groups excluding carboxylic acids is 1. The molecule has 1 aliphatic heterocycles. The molecule has 5 nitrogen and oxygen atoms in total. The average Bonchev–Trinajstić information content (AvgIpc) is 3.39. The van der Waals surface area contributed by atoms with E-state index in [4.69, 9.17) is 4.74 Å². The highest BCUT2D eigenvalue weighted by atomic mass is 16.5. The Morgan fingerprint density at radius 3 is 2.34 bits per heavy atom. The highest BCUT2D eigenvalue weighted by molar-refractivity contribution is 6.01. The van der Waals surface area contributed by atoms with Gasteiger partial charge >= 0.3 is 0 Å². The Labute approximate surface area is 189 Å². The minimum Gasteiger partial charge on any atom is -0.497 e. The molecule has 1 heterocycles. The Hall–Kier alpha value is -3.62. The quantitative estimate of drug-likeness (QED) is 0.590. The molecule has 1 fully saturated rings. The van der Waals surface area contributed by atoms with E-state index in [1.54, 1.807) is 13.2 Å². The monoisotopic (exact) mass is 425 g/mol. The molecule has 0 bridgehead atoms. The van der Waals surface area contributed by atoms with Crippen LogP contribution in [0.3, 0.4) is 0 Å². The summed E-state index contributed by atoms with van der Waals surface area (Å²) in [7, 11) is 1.66. The molecule has 4 rings (SSSR count). The molecule has 1 aliphatic rings. The second-order valence-electron chi connectivity index (χ2n) is 7.95. The van der Waals surface area contributed by atoms with Crippen molar-refractivity contribution < 1.29 is 9.53 Å². The number of nitrogens with zero attached hydrogens (tertiary/aromatic N) is 2. The third-order valence-electron chi connectivity index (χ3n) is 6.05. The Morgan fingerprint density at radius 1 is 1.00 bits per heavy atom. The first-order valence-corrected chi connectivity index (χ1v) is 11.0. The number of hydrogen-bond donors (Lipinski definition) is 1. The molecule has 162 valence electrons. The van der Waals surface area contributed by atoms with Crippen molar-refractivity contribution in [2.24, 2.45) is 0 Å². The van der Waals surface area contributed by atoms with Gasteiger partial charge in [-0.05, 0) is 61.3 Å². The van der Waals surface area contributed by atoms with E-state index >= 15 is 0 Å². The number of hydrogen-bond acceptors (Lipinski definition) is 4. The van der Waals surface area contributed by atoms with E-state index < -0.39 is 0 Å². The third-order valence-corrected chi connectivity index (χ3v) is 6.05. The van der Waals surface area contributed by atoms with Gasteiger partial charge in [-0.2, -0.15) is 5.26 Å². The zero-order valence-corrected chi connectivity index (χ0v) is 18.3. The van der Waals surface area contributed by atoms with Crippen molar-refractivity contribution in [1.29, 1.82) is 5.26 Å². The first kappa shape index (κ1) is 21.6. The van der Waals surface area contributed by atoms with Crippen molar-refractivity contribution in [1.82, 2.24) is 10.2 Å². The van der Waals surface area contributed by atoms with Crippen LogP contribution in [0.2, 0.25) is 0 Å². The van der Waals surface area contributed by atoms with Gasteiger partial charge in [-0.3, -0.25) is 9.69 Å². The van der Waals surface area contributed by atoms with Crippen LogP contribution in [-0.2, 0) is 0 Å². The summed E-state index contributed by atoms with van der Waals surface area (Å²) in [4.78, 5) is 15.7. The first-order valence-electron chi connectivity index (χ1n) is 11.0. The lowest BCUT2D eigenvalue weighted by atomic mass is 9.95. The van der Waals surface area contributed by atoms with Crippen LogP contribution in [0.5, 0.6) is 5.75 Å². The number of benzene rings is 3. The van der Waals surface area contributed by atoms with Crippen LogP contribution >= 0.6 is 0 Å². The minimum absolute atomic E-state index is 0.103.